The molecule has 0 amide bonds. The number of hydrogen-bond donors (Lipinski definition) is 0. The van der Waals surface area contributed by atoms with Crippen LogP contribution in [0.5, 0.6) is 0 Å². The summed E-state index contributed by atoms with van der Waals surface area (Å²) in [6.07, 6.45) is 0. The van der Waals surface area contributed by atoms with Gasteiger partial charge in [0.2, 0.25) is 0 Å². The zero-order valence-electron chi connectivity index (χ0n) is 30.0. The zero-order chi connectivity index (χ0) is 35.6. The second-order valence-corrected chi connectivity index (χ2v) is 14.9. The second-order valence-electron chi connectivity index (χ2n) is 14.9. The van der Waals surface area contributed by atoms with Crippen molar-refractivity contribution >= 4 is 17.1 Å². The van der Waals surface area contributed by atoms with Crippen LogP contribution in [0.1, 0.15) is 47.2 Å². The highest BCUT2D eigenvalue weighted by Gasteiger charge is 2.46. The molecule has 0 heterocycles. The van der Waals surface area contributed by atoms with Gasteiger partial charge < -0.3 is 4.90 Å². The minimum absolute atomic E-state index is 0.0728. The van der Waals surface area contributed by atoms with Gasteiger partial charge >= 0.3 is 0 Å². The molecule has 0 spiro atoms. The summed E-state index contributed by atoms with van der Waals surface area (Å²) in [5.41, 5.74) is 18.6. The van der Waals surface area contributed by atoms with Gasteiger partial charge in [-0.15, -0.1) is 0 Å². The molecule has 0 atom stereocenters. The second kappa shape index (κ2) is 12.1. The summed E-state index contributed by atoms with van der Waals surface area (Å²) in [5, 5.41) is 0. The van der Waals surface area contributed by atoms with Crippen molar-refractivity contribution in [3.63, 3.8) is 0 Å². The molecule has 0 N–H and O–H groups in total. The van der Waals surface area contributed by atoms with Gasteiger partial charge in [0, 0.05) is 22.5 Å². The van der Waals surface area contributed by atoms with E-state index >= 15 is 0 Å². The van der Waals surface area contributed by atoms with E-state index in [2.05, 4.69) is 219 Å². The molecule has 2 aliphatic carbocycles. The van der Waals surface area contributed by atoms with Gasteiger partial charge in [-0.2, -0.15) is 0 Å². The molecule has 0 bridgehead atoms. The lowest BCUT2D eigenvalue weighted by Crippen LogP contribution is -2.28. The Kier molecular flexibility index (Phi) is 7.13. The Morgan fingerprint density at radius 3 is 1.47 bits per heavy atom. The molecule has 2 aliphatic rings. The van der Waals surface area contributed by atoms with Crippen molar-refractivity contribution in [2.75, 3.05) is 4.90 Å². The van der Waals surface area contributed by atoms with Crippen molar-refractivity contribution in [2.24, 2.45) is 0 Å². The van der Waals surface area contributed by atoms with Crippen LogP contribution in [-0.4, -0.2) is 0 Å². The minimum atomic E-state index is -0.421. The van der Waals surface area contributed by atoms with Gasteiger partial charge in [-0.25, -0.2) is 0 Å². The molecule has 53 heavy (non-hydrogen) atoms. The molecule has 1 heteroatoms. The van der Waals surface area contributed by atoms with Gasteiger partial charge in [0.05, 0.1) is 5.41 Å². The first kappa shape index (κ1) is 31.3. The number of benzene rings is 8. The van der Waals surface area contributed by atoms with E-state index in [1.54, 1.807) is 0 Å². The average molecular weight is 678 g/mol. The number of hydrogen-bond acceptors (Lipinski definition) is 1. The molecule has 0 radical (unpaired) electrons. The van der Waals surface area contributed by atoms with Crippen molar-refractivity contribution in [1.82, 2.24) is 0 Å². The van der Waals surface area contributed by atoms with E-state index in [9.17, 15) is 0 Å². The third-order valence-electron chi connectivity index (χ3n) is 11.8. The van der Waals surface area contributed by atoms with Gasteiger partial charge in [-0.3, -0.25) is 0 Å². The molecule has 0 saturated heterocycles. The Labute approximate surface area is 312 Å². The summed E-state index contributed by atoms with van der Waals surface area (Å²) >= 11 is 0. The van der Waals surface area contributed by atoms with Gasteiger partial charge in [-0.1, -0.05) is 172 Å². The van der Waals surface area contributed by atoms with Crippen LogP contribution in [-0.2, 0) is 10.8 Å². The van der Waals surface area contributed by atoms with Gasteiger partial charge in [0.25, 0.3) is 0 Å². The monoisotopic (exact) mass is 677 g/mol. The molecule has 0 unspecified atom stereocenters. The van der Waals surface area contributed by atoms with Crippen LogP contribution in [0.4, 0.5) is 17.1 Å². The first-order chi connectivity index (χ1) is 26.0. The zero-order valence-corrected chi connectivity index (χ0v) is 30.0. The molecule has 0 aromatic heterocycles. The van der Waals surface area contributed by atoms with Crippen molar-refractivity contribution in [1.29, 1.82) is 0 Å². The maximum absolute atomic E-state index is 2.41. The molecule has 0 saturated carbocycles. The van der Waals surface area contributed by atoms with E-state index in [4.69, 9.17) is 0 Å². The van der Waals surface area contributed by atoms with Crippen LogP contribution in [0.25, 0.3) is 33.4 Å². The van der Waals surface area contributed by atoms with Crippen LogP contribution < -0.4 is 4.90 Å². The molecule has 252 valence electrons. The van der Waals surface area contributed by atoms with Crippen LogP contribution in [0.15, 0.2) is 200 Å². The predicted molar refractivity (Wildman–Crippen MR) is 221 cm³/mol. The Hall–Kier alpha value is -6.44. The average Bonchev–Trinajstić information content (AvgIpc) is 3.65. The maximum Gasteiger partial charge on any atom is 0.0713 e. The van der Waals surface area contributed by atoms with Crippen LogP contribution in [0.3, 0.4) is 0 Å². The lowest BCUT2D eigenvalue weighted by atomic mass is 9.67. The molecule has 8 aromatic carbocycles. The number of nitrogens with zero attached hydrogens (tertiary/aromatic N) is 1. The summed E-state index contributed by atoms with van der Waals surface area (Å²) in [6, 6.07) is 73.8. The lowest BCUT2D eigenvalue weighted by molar-refractivity contribution is 0.660. The third-order valence-corrected chi connectivity index (χ3v) is 11.8. The highest BCUT2D eigenvalue weighted by molar-refractivity contribution is 5.88. The summed E-state index contributed by atoms with van der Waals surface area (Å²) < 4.78 is 0. The molecule has 1 nitrogen and oxygen atoms in total. The molecule has 8 aromatic rings. The van der Waals surface area contributed by atoms with Crippen LogP contribution in [0.2, 0.25) is 0 Å². The Bertz CT molecular complexity index is 2590. The largest absolute Gasteiger partial charge is 0.310 e. The Balaban J connectivity index is 1.08. The molecule has 0 fully saturated rings. The SMILES string of the molecule is CC1(C)c2ccccc2-c2ccc(N(c3ccccc3)c3ccc(-c4cccc(C5(c6ccccc6)c6ccccc6-c6ccccc65)c4)cc3)cc21. The normalized spacial score (nSPS) is 14.2. The predicted octanol–water partition coefficient (Wildman–Crippen LogP) is 13.5. The topological polar surface area (TPSA) is 3.24 Å². The number of anilines is 3. The standard InChI is InChI=1S/C52H39N/c1-51(2)47-25-12-9-22-43(47)46-33-32-42(35-50(46)51)53(40-20-7-4-8-21-40)41-30-28-36(29-31-41)37-16-15-19-39(34-37)52(38-17-5-3-6-18-38)48-26-13-10-23-44(48)45-24-11-14-27-49(45)52/h3-35H,1-2H3. The van der Waals surface area contributed by atoms with E-state index < -0.39 is 5.41 Å². The lowest BCUT2D eigenvalue weighted by Gasteiger charge is -2.34. The van der Waals surface area contributed by atoms with Crippen LogP contribution >= 0.6 is 0 Å². The molecular weight excluding hydrogens is 639 g/mol. The van der Waals surface area contributed by atoms with E-state index in [0.29, 0.717) is 0 Å². The van der Waals surface area contributed by atoms with Crippen molar-refractivity contribution in [3.8, 4) is 33.4 Å². The fourth-order valence-corrected chi connectivity index (χ4v) is 9.30. The maximum atomic E-state index is 2.41. The number of rotatable bonds is 6. The minimum Gasteiger partial charge on any atom is -0.310 e. The molecular formula is C52H39N. The summed E-state index contributed by atoms with van der Waals surface area (Å²) in [4.78, 5) is 2.39. The third kappa shape index (κ3) is 4.70. The van der Waals surface area contributed by atoms with E-state index in [0.717, 1.165) is 17.1 Å². The quantitative estimate of drug-likeness (QED) is 0.169. The summed E-state index contributed by atoms with van der Waals surface area (Å²) in [7, 11) is 0. The van der Waals surface area contributed by atoms with E-state index in [-0.39, 0.29) is 5.41 Å². The molecule has 10 rings (SSSR count). The molecule has 0 aliphatic heterocycles. The van der Waals surface area contributed by atoms with Gasteiger partial charge in [0.1, 0.15) is 0 Å². The Morgan fingerprint density at radius 1 is 0.321 bits per heavy atom. The van der Waals surface area contributed by atoms with Crippen molar-refractivity contribution < 1.29 is 0 Å². The van der Waals surface area contributed by atoms with Gasteiger partial charge in [0.15, 0.2) is 0 Å². The summed E-state index contributed by atoms with van der Waals surface area (Å²) in [6.45, 7) is 4.70. The first-order valence-corrected chi connectivity index (χ1v) is 18.6. The van der Waals surface area contributed by atoms with Crippen molar-refractivity contribution in [2.45, 2.75) is 24.7 Å². The smallest absolute Gasteiger partial charge is 0.0713 e. The number of fused-ring (bicyclic) bond motifs is 6. The van der Waals surface area contributed by atoms with Gasteiger partial charge in [-0.05, 0) is 109 Å². The Morgan fingerprint density at radius 2 is 0.811 bits per heavy atom. The first-order valence-electron chi connectivity index (χ1n) is 18.6. The van der Waals surface area contributed by atoms with Crippen molar-refractivity contribution in [3.05, 3.63) is 234 Å². The highest BCUT2D eigenvalue weighted by Crippen LogP contribution is 2.56. The van der Waals surface area contributed by atoms with E-state index in [1.165, 1.54) is 66.8 Å². The fourth-order valence-electron chi connectivity index (χ4n) is 9.30. The van der Waals surface area contributed by atoms with Crippen LogP contribution in [0, 0.1) is 0 Å². The fraction of sp³-hybridized carbons (Fsp3) is 0.0769. The summed E-state index contributed by atoms with van der Waals surface area (Å²) in [5.74, 6) is 0. The highest BCUT2D eigenvalue weighted by atomic mass is 15.1. The number of para-hydroxylation sites is 1. The van der Waals surface area contributed by atoms with E-state index in [1.807, 2.05) is 0 Å².